The zero-order valence-electron chi connectivity index (χ0n) is 9.96. The molecule has 0 aromatic heterocycles. The SMILES string of the molecule is CCN(CC)P1(CP)=NP(F)(F)=NP(C)(F)=N1. The number of hydrogen-bond donors (Lipinski definition) is 0. The minimum Gasteiger partial charge on any atom is -0.252 e. The van der Waals surface area contributed by atoms with Crippen LogP contribution in [-0.4, -0.2) is 30.3 Å². The van der Waals surface area contributed by atoms with Crippen molar-refractivity contribution in [1.29, 1.82) is 0 Å². The molecule has 0 fully saturated rings. The van der Waals surface area contributed by atoms with Crippen LogP contribution in [0.4, 0.5) is 12.6 Å². The number of halogens is 3. The zero-order valence-corrected chi connectivity index (χ0v) is 13.8. The highest BCUT2D eigenvalue weighted by atomic mass is 31.3. The van der Waals surface area contributed by atoms with Crippen LogP contribution >= 0.6 is 31.9 Å². The molecule has 0 radical (unpaired) electrons. The smallest absolute Gasteiger partial charge is 0.252 e. The van der Waals surface area contributed by atoms with Crippen molar-refractivity contribution in [2.24, 2.45) is 13.5 Å². The Bertz CT molecular complexity index is 439. The zero-order chi connectivity index (χ0) is 13.3. The molecule has 1 heterocycles. The summed E-state index contributed by atoms with van der Waals surface area (Å²) in [5, 5.41) is 0. The van der Waals surface area contributed by atoms with E-state index >= 15 is 0 Å². The second-order valence-electron chi connectivity index (χ2n) is 3.55. The van der Waals surface area contributed by atoms with Gasteiger partial charge in [-0.3, -0.25) is 4.67 Å². The van der Waals surface area contributed by atoms with Gasteiger partial charge in [-0.1, -0.05) is 13.8 Å². The van der Waals surface area contributed by atoms with Crippen LogP contribution in [0.25, 0.3) is 0 Å². The first-order valence-electron chi connectivity index (χ1n) is 5.13. The average molecular weight is 326 g/mol. The minimum absolute atomic E-state index is 0.263. The van der Waals surface area contributed by atoms with Crippen LogP contribution in [0, 0.1) is 0 Å². The van der Waals surface area contributed by atoms with Gasteiger partial charge in [-0.25, -0.2) is 0 Å². The number of rotatable bonds is 4. The molecule has 0 saturated heterocycles. The molecule has 0 spiro atoms. The summed E-state index contributed by atoms with van der Waals surface area (Å²) < 4.78 is 53.2. The van der Waals surface area contributed by atoms with Gasteiger partial charge in [-0.2, -0.15) is 17.7 Å². The first-order chi connectivity index (χ1) is 7.70. The fourth-order valence-electron chi connectivity index (χ4n) is 1.66. The quantitative estimate of drug-likeness (QED) is 0.609. The molecule has 0 amide bonds. The van der Waals surface area contributed by atoms with Gasteiger partial charge in [0.25, 0.3) is 0 Å². The predicted octanol–water partition coefficient (Wildman–Crippen LogP) is 5.72. The summed E-state index contributed by atoms with van der Waals surface area (Å²) in [7, 11) is -9.00. The maximum atomic E-state index is 13.9. The minimum atomic E-state index is -4.85. The van der Waals surface area contributed by atoms with Crippen LogP contribution in [-0.2, 0) is 0 Å². The van der Waals surface area contributed by atoms with Crippen LogP contribution in [0.2, 0.25) is 0 Å². The van der Waals surface area contributed by atoms with Crippen molar-refractivity contribution in [3.8, 4) is 0 Å². The second-order valence-corrected chi connectivity index (χ2v) is 11.6. The van der Waals surface area contributed by atoms with E-state index in [-0.39, 0.29) is 5.90 Å². The maximum absolute atomic E-state index is 13.9. The third kappa shape index (κ3) is 3.67. The van der Waals surface area contributed by atoms with E-state index in [0.717, 1.165) is 6.66 Å². The van der Waals surface area contributed by atoms with Crippen LogP contribution < -0.4 is 0 Å². The predicted molar refractivity (Wildman–Crippen MR) is 74.8 cm³/mol. The van der Waals surface area contributed by atoms with E-state index in [4.69, 9.17) is 0 Å². The average Bonchev–Trinajstić information content (AvgIpc) is 2.14. The summed E-state index contributed by atoms with van der Waals surface area (Å²) >= 11 is 0. The standard InChI is InChI=1S/C6H17F3N4P4/c1-4-13(5-2)16(6-14)10-15(3,7)11-17(8,9)12-16/h4-6,14H2,1-3H3. The van der Waals surface area contributed by atoms with Crippen LogP contribution in [0.3, 0.4) is 0 Å². The van der Waals surface area contributed by atoms with Crippen molar-refractivity contribution in [3.05, 3.63) is 0 Å². The summed E-state index contributed by atoms with van der Waals surface area (Å²) in [5.41, 5.74) is 0. The molecule has 0 aromatic carbocycles. The van der Waals surface area contributed by atoms with Gasteiger partial charge in [0.15, 0.2) is 7.36 Å². The number of nitrogens with zero attached hydrogens (tertiary/aromatic N) is 4. The van der Waals surface area contributed by atoms with E-state index < -0.39 is 22.7 Å². The van der Waals surface area contributed by atoms with Crippen molar-refractivity contribution < 1.29 is 12.6 Å². The van der Waals surface area contributed by atoms with Crippen LogP contribution in [0.5, 0.6) is 0 Å². The Morgan fingerprint density at radius 1 is 1.06 bits per heavy atom. The highest BCUT2D eigenvalue weighted by Crippen LogP contribution is 2.80. The molecular weight excluding hydrogens is 309 g/mol. The maximum Gasteiger partial charge on any atom is 0.420 e. The van der Waals surface area contributed by atoms with Gasteiger partial charge in [0.2, 0.25) is 7.52 Å². The molecular formula is C6H17F3N4P4. The van der Waals surface area contributed by atoms with Gasteiger partial charge in [0.05, 0.1) is 0 Å². The van der Waals surface area contributed by atoms with Crippen molar-refractivity contribution in [2.75, 3.05) is 25.7 Å². The molecule has 0 aliphatic carbocycles. The molecule has 4 nitrogen and oxygen atoms in total. The molecule has 0 bridgehead atoms. The summed E-state index contributed by atoms with van der Waals surface area (Å²) in [6.07, 6.45) is 0. The van der Waals surface area contributed by atoms with Crippen LogP contribution in [0.1, 0.15) is 13.8 Å². The van der Waals surface area contributed by atoms with E-state index in [1.165, 1.54) is 0 Å². The monoisotopic (exact) mass is 326 g/mol. The van der Waals surface area contributed by atoms with Gasteiger partial charge in [-0.15, -0.1) is 17.6 Å². The second kappa shape index (κ2) is 5.47. The summed E-state index contributed by atoms with van der Waals surface area (Å²) in [6, 6.07) is 0. The molecule has 0 N–H and O–H groups in total. The van der Waals surface area contributed by atoms with E-state index in [1.54, 1.807) is 4.67 Å². The molecule has 17 heavy (non-hydrogen) atoms. The van der Waals surface area contributed by atoms with Crippen LogP contribution in [0.15, 0.2) is 13.5 Å². The van der Waals surface area contributed by atoms with Crippen molar-refractivity contribution in [1.82, 2.24) is 4.67 Å². The molecule has 1 aliphatic heterocycles. The molecule has 0 aromatic rings. The molecule has 0 saturated carbocycles. The van der Waals surface area contributed by atoms with Gasteiger partial charge in [0.1, 0.15) is 0 Å². The summed E-state index contributed by atoms with van der Waals surface area (Å²) in [5.74, 6) is 0.263. The molecule has 1 rings (SSSR count). The van der Waals surface area contributed by atoms with Gasteiger partial charge in [-0.05, 0) is 0 Å². The van der Waals surface area contributed by atoms with E-state index in [9.17, 15) is 12.6 Å². The van der Waals surface area contributed by atoms with E-state index in [2.05, 4.69) is 22.8 Å². The Balaban J connectivity index is 3.51. The highest BCUT2D eigenvalue weighted by molar-refractivity contribution is 7.83. The summed E-state index contributed by atoms with van der Waals surface area (Å²) in [4.78, 5) is 0. The molecule has 3 atom stereocenters. The molecule has 102 valence electrons. The fourth-order valence-corrected chi connectivity index (χ4v) is 12.7. The van der Waals surface area contributed by atoms with E-state index in [0.29, 0.717) is 13.1 Å². The van der Waals surface area contributed by atoms with Gasteiger partial charge >= 0.3 is 7.83 Å². The van der Waals surface area contributed by atoms with Crippen molar-refractivity contribution >= 4 is 31.9 Å². The van der Waals surface area contributed by atoms with Gasteiger partial charge in [0, 0.05) is 25.7 Å². The lowest BCUT2D eigenvalue weighted by Gasteiger charge is -2.33. The largest absolute Gasteiger partial charge is 0.420 e. The lowest BCUT2D eigenvalue weighted by Crippen LogP contribution is -2.19. The van der Waals surface area contributed by atoms with E-state index in [1.807, 2.05) is 13.8 Å². The molecule has 3 unspecified atom stereocenters. The van der Waals surface area contributed by atoms with Crippen molar-refractivity contribution in [2.45, 2.75) is 13.8 Å². The molecule has 1 aliphatic rings. The lowest BCUT2D eigenvalue weighted by molar-refractivity contribution is 0.501. The Morgan fingerprint density at radius 3 is 1.94 bits per heavy atom. The number of hydrogen-bond acceptors (Lipinski definition) is 4. The Morgan fingerprint density at radius 2 is 1.59 bits per heavy atom. The van der Waals surface area contributed by atoms with Crippen molar-refractivity contribution in [3.63, 3.8) is 0 Å². The Hall–Kier alpha value is 0.870. The third-order valence-corrected chi connectivity index (χ3v) is 12.3. The summed E-state index contributed by atoms with van der Waals surface area (Å²) in [6.45, 7) is 5.82. The topological polar surface area (TPSA) is 40.3 Å². The first kappa shape index (κ1) is 15.9. The van der Waals surface area contributed by atoms with Gasteiger partial charge < -0.3 is 0 Å². The first-order valence-corrected chi connectivity index (χ1v) is 11.3. The Labute approximate surface area is 103 Å². The highest BCUT2D eigenvalue weighted by Gasteiger charge is 2.37. The third-order valence-electron chi connectivity index (χ3n) is 2.26. The normalized spacial score (nSPS) is 36.0. The fraction of sp³-hybridized carbons (Fsp3) is 1.00. The molecule has 11 heteroatoms. The Kier molecular flexibility index (Phi) is 5.12. The lowest BCUT2D eigenvalue weighted by atomic mass is 10.7.